The van der Waals surface area contributed by atoms with Crippen molar-refractivity contribution in [1.82, 2.24) is 4.90 Å². The van der Waals surface area contributed by atoms with Crippen molar-refractivity contribution >= 4 is 18.0 Å². The van der Waals surface area contributed by atoms with Gasteiger partial charge in [0.2, 0.25) is 0 Å². The largest absolute Gasteiger partial charge is 0.463 e. The Morgan fingerprint density at radius 2 is 1.62 bits per heavy atom. The van der Waals surface area contributed by atoms with E-state index in [2.05, 4.69) is 11.3 Å². The number of nitrogens with zero attached hydrogens (tertiary/aromatic N) is 1. The summed E-state index contributed by atoms with van der Waals surface area (Å²) in [5.41, 5.74) is -1.42. The van der Waals surface area contributed by atoms with E-state index in [0.717, 1.165) is 6.08 Å². The minimum Gasteiger partial charge on any atom is -0.463 e. The van der Waals surface area contributed by atoms with E-state index in [1.54, 1.807) is 33.8 Å². The van der Waals surface area contributed by atoms with Gasteiger partial charge in [-0.2, -0.15) is 0 Å². The highest BCUT2D eigenvalue weighted by molar-refractivity contribution is 5.82. The normalized spacial score (nSPS) is 20.5. The van der Waals surface area contributed by atoms with Crippen molar-refractivity contribution in [3.8, 4) is 0 Å². The summed E-state index contributed by atoms with van der Waals surface area (Å²) in [4.78, 5) is 35.5. The number of carbonyl (C=O) groups is 3. The van der Waals surface area contributed by atoms with Crippen molar-refractivity contribution in [2.75, 3.05) is 13.2 Å². The molecular formula is C21H35NO7. The van der Waals surface area contributed by atoms with Crippen LogP contribution in [0.4, 0.5) is 4.79 Å². The third-order valence-corrected chi connectivity index (χ3v) is 3.59. The molecule has 0 spiro atoms. The lowest BCUT2D eigenvalue weighted by atomic mass is 10.1. The first-order chi connectivity index (χ1) is 13.3. The molecule has 0 saturated carbocycles. The van der Waals surface area contributed by atoms with Crippen molar-refractivity contribution < 1.29 is 33.3 Å². The van der Waals surface area contributed by atoms with Gasteiger partial charge in [0.1, 0.15) is 11.3 Å². The van der Waals surface area contributed by atoms with Gasteiger partial charge in [0, 0.05) is 12.2 Å². The predicted molar refractivity (Wildman–Crippen MR) is 109 cm³/mol. The number of carbonyl (C=O) groups excluding carboxylic acids is 3. The van der Waals surface area contributed by atoms with Crippen LogP contribution in [0, 0.1) is 0 Å². The van der Waals surface area contributed by atoms with Gasteiger partial charge in [-0.25, -0.2) is 14.4 Å². The van der Waals surface area contributed by atoms with Crippen molar-refractivity contribution in [3.63, 3.8) is 0 Å². The molecular weight excluding hydrogens is 378 g/mol. The molecule has 1 amide bonds. The molecule has 8 nitrogen and oxygen atoms in total. The predicted octanol–water partition coefficient (Wildman–Crippen LogP) is 3.60. The summed E-state index contributed by atoms with van der Waals surface area (Å²) < 4.78 is 20.6. The van der Waals surface area contributed by atoms with E-state index in [0.29, 0.717) is 13.2 Å². The third kappa shape index (κ3) is 9.60. The fourth-order valence-electron chi connectivity index (χ4n) is 2.61. The van der Waals surface area contributed by atoms with Gasteiger partial charge in [0.15, 0.2) is 0 Å². The molecule has 1 fully saturated rings. The molecule has 1 rings (SSSR count). The van der Waals surface area contributed by atoms with Gasteiger partial charge in [-0.3, -0.25) is 4.90 Å². The van der Waals surface area contributed by atoms with Gasteiger partial charge < -0.3 is 18.9 Å². The zero-order valence-corrected chi connectivity index (χ0v) is 18.8. The van der Waals surface area contributed by atoms with Crippen LogP contribution in [0.2, 0.25) is 0 Å². The van der Waals surface area contributed by atoms with Crippen LogP contribution in [0.15, 0.2) is 24.8 Å². The smallest absolute Gasteiger partial charge is 0.413 e. The average molecular weight is 414 g/mol. The van der Waals surface area contributed by atoms with Crippen LogP contribution in [-0.2, 0) is 28.5 Å². The van der Waals surface area contributed by atoms with Gasteiger partial charge in [-0.05, 0) is 55.4 Å². The van der Waals surface area contributed by atoms with Crippen LogP contribution < -0.4 is 0 Å². The summed E-state index contributed by atoms with van der Waals surface area (Å²) >= 11 is 0. The second kappa shape index (κ2) is 11.6. The minimum atomic E-state index is -0.814. The zero-order valence-electron chi connectivity index (χ0n) is 18.8. The fraction of sp³-hybridized carbons (Fsp3) is 0.667. The zero-order chi connectivity index (χ0) is 22.8. The van der Waals surface area contributed by atoms with E-state index in [1.807, 2.05) is 27.7 Å². The number of hydrogen-bond donors (Lipinski definition) is 0. The lowest BCUT2D eigenvalue weighted by molar-refractivity contribution is -0.138. The summed E-state index contributed by atoms with van der Waals surface area (Å²) in [5.74, 6) is -0.800. The molecule has 1 aliphatic heterocycles. The Bertz CT molecular complexity index is 605. The number of esters is 2. The molecule has 0 aromatic rings. The number of ether oxygens (including phenoxy) is 4. The first-order valence-corrected chi connectivity index (χ1v) is 9.63. The Morgan fingerprint density at radius 3 is 2.03 bits per heavy atom. The molecule has 0 N–H and O–H groups in total. The maximum Gasteiger partial charge on any atom is 0.413 e. The van der Waals surface area contributed by atoms with Gasteiger partial charge in [-0.15, -0.1) is 0 Å². The topological polar surface area (TPSA) is 91.4 Å². The Hall–Kier alpha value is -2.35. The highest BCUT2D eigenvalue weighted by Crippen LogP contribution is 2.34. The highest BCUT2D eigenvalue weighted by Gasteiger charge is 2.48. The first-order valence-electron chi connectivity index (χ1n) is 9.63. The molecule has 166 valence electrons. The first kappa shape index (κ1) is 26.6. The van der Waals surface area contributed by atoms with Crippen LogP contribution in [0.25, 0.3) is 0 Å². The molecule has 1 heterocycles. The quantitative estimate of drug-likeness (QED) is 0.386. The van der Waals surface area contributed by atoms with E-state index >= 15 is 0 Å². The Labute approximate surface area is 173 Å². The van der Waals surface area contributed by atoms with Gasteiger partial charge in [0.25, 0.3) is 0 Å². The molecule has 0 aromatic heterocycles. The number of hydrogen-bond acceptors (Lipinski definition) is 7. The average Bonchev–Trinajstić information content (AvgIpc) is 2.80. The monoisotopic (exact) mass is 413 g/mol. The van der Waals surface area contributed by atoms with E-state index in [9.17, 15) is 14.4 Å². The lowest BCUT2D eigenvalue weighted by Crippen LogP contribution is -2.49. The van der Waals surface area contributed by atoms with Crippen molar-refractivity contribution in [3.05, 3.63) is 24.8 Å². The lowest BCUT2D eigenvalue weighted by Gasteiger charge is -2.34. The van der Waals surface area contributed by atoms with Crippen molar-refractivity contribution in [2.24, 2.45) is 0 Å². The maximum atomic E-state index is 12.5. The third-order valence-electron chi connectivity index (χ3n) is 3.59. The van der Waals surface area contributed by atoms with Crippen molar-refractivity contribution in [2.45, 2.75) is 78.9 Å². The molecule has 1 saturated heterocycles. The number of amides is 1. The summed E-state index contributed by atoms with van der Waals surface area (Å²) in [6, 6.07) is -0.394. The minimum absolute atomic E-state index is 0.256. The Balaban J connectivity index is 0.000000956. The highest BCUT2D eigenvalue weighted by atomic mass is 16.6. The SMILES string of the molecule is C=CC(=O)OCC.CCOC(=O)/C=C/[C@@H]1[C@@H](C)OC(C)(C)N1C(=O)OC(C)(C)C. The van der Waals surface area contributed by atoms with Gasteiger partial charge >= 0.3 is 18.0 Å². The van der Waals surface area contributed by atoms with E-state index in [4.69, 9.17) is 14.2 Å². The van der Waals surface area contributed by atoms with Crippen LogP contribution in [0.1, 0.15) is 55.4 Å². The standard InChI is InChI=1S/C16H27NO5.C5H8O2/c1-8-20-13(18)10-9-12-11(2)21-16(6,7)17(12)14(19)22-15(3,4)5;1-3-5(6)7-4-2/h9-12H,8H2,1-7H3;3H,1,4H2,2H3/b10-9+;/t11-,12-;/m1./s1. The molecule has 0 radical (unpaired) electrons. The van der Waals surface area contributed by atoms with Crippen LogP contribution in [-0.4, -0.2) is 59.6 Å². The Kier molecular flexibility index (Phi) is 10.7. The molecule has 0 bridgehead atoms. The summed E-state index contributed by atoms with van der Waals surface area (Å²) in [7, 11) is 0. The molecule has 8 heteroatoms. The summed E-state index contributed by atoms with van der Waals surface area (Å²) in [6.45, 7) is 18.3. The van der Waals surface area contributed by atoms with E-state index < -0.39 is 29.4 Å². The van der Waals surface area contributed by atoms with E-state index in [1.165, 1.54) is 11.0 Å². The van der Waals surface area contributed by atoms with Crippen LogP contribution in [0.3, 0.4) is 0 Å². The second-order valence-corrected chi connectivity index (χ2v) is 7.68. The van der Waals surface area contributed by atoms with Crippen molar-refractivity contribution in [1.29, 1.82) is 0 Å². The number of rotatable bonds is 5. The molecule has 1 aliphatic rings. The maximum absolute atomic E-state index is 12.5. The Morgan fingerprint density at radius 1 is 1.10 bits per heavy atom. The molecule has 2 atom stereocenters. The van der Waals surface area contributed by atoms with Crippen LogP contribution in [0.5, 0.6) is 0 Å². The summed E-state index contributed by atoms with van der Waals surface area (Å²) in [6.07, 6.45) is 3.37. The second-order valence-electron chi connectivity index (χ2n) is 7.68. The van der Waals surface area contributed by atoms with Crippen LogP contribution >= 0.6 is 0 Å². The van der Waals surface area contributed by atoms with E-state index in [-0.39, 0.29) is 12.1 Å². The van der Waals surface area contributed by atoms with Gasteiger partial charge in [0.05, 0.1) is 25.4 Å². The molecule has 0 aromatic carbocycles. The molecule has 29 heavy (non-hydrogen) atoms. The fourth-order valence-corrected chi connectivity index (χ4v) is 2.61. The molecule has 0 aliphatic carbocycles. The molecule has 0 unspecified atom stereocenters. The van der Waals surface area contributed by atoms with Gasteiger partial charge in [-0.1, -0.05) is 12.7 Å². The summed E-state index contributed by atoms with van der Waals surface area (Å²) in [5, 5.41) is 0.